The van der Waals surface area contributed by atoms with Crippen molar-refractivity contribution in [2.24, 2.45) is 0 Å². The summed E-state index contributed by atoms with van der Waals surface area (Å²) in [6.45, 7) is 0.758. The van der Waals surface area contributed by atoms with Crippen molar-refractivity contribution in [2.75, 3.05) is 17.7 Å². The van der Waals surface area contributed by atoms with Crippen molar-refractivity contribution >= 4 is 11.4 Å². The van der Waals surface area contributed by atoms with Gasteiger partial charge in [0.2, 0.25) is 0 Å². The lowest BCUT2D eigenvalue weighted by Gasteiger charge is -2.19. The summed E-state index contributed by atoms with van der Waals surface area (Å²) in [4.78, 5) is 2.13. The number of benzene rings is 2. The number of nitrogens with zero attached hydrogens (tertiary/aromatic N) is 1. The van der Waals surface area contributed by atoms with Gasteiger partial charge in [0, 0.05) is 19.3 Å². The highest BCUT2D eigenvalue weighted by molar-refractivity contribution is 5.54. The Morgan fingerprint density at radius 3 is 2.47 bits per heavy atom. The summed E-state index contributed by atoms with van der Waals surface area (Å²) in [5.74, 6) is 0.135. The number of nitrogens with two attached hydrogens (primary N) is 1. The van der Waals surface area contributed by atoms with Gasteiger partial charge in [-0.25, -0.2) is 0 Å². The summed E-state index contributed by atoms with van der Waals surface area (Å²) < 4.78 is 0. The molecule has 88 valence electrons. The molecule has 2 rings (SSSR count). The first-order valence-electron chi connectivity index (χ1n) is 5.50. The third kappa shape index (κ3) is 2.69. The quantitative estimate of drug-likeness (QED) is 0.627. The first kappa shape index (κ1) is 11.3. The van der Waals surface area contributed by atoms with Crippen LogP contribution in [0.1, 0.15) is 5.56 Å². The van der Waals surface area contributed by atoms with Crippen molar-refractivity contribution in [2.45, 2.75) is 6.54 Å². The number of nitrogen functional groups attached to an aromatic ring is 1. The number of para-hydroxylation sites is 1. The zero-order valence-corrected chi connectivity index (χ0v) is 9.80. The third-order valence-corrected chi connectivity index (χ3v) is 2.71. The molecule has 0 heterocycles. The maximum Gasteiger partial charge on any atom is 0.138 e. The van der Waals surface area contributed by atoms with Gasteiger partial charge in [-0.15, -0.1) is 0 Å². The van der Waals surface area contributed by atoms with Crippen molar-refractivity contribution in [3.63, 3.8) is 0 Å². The molecule has 0 saturated carbocycles. The van der Waals surface area contributed by atoms with Gasteiger partial charge in [-0.1, -0.05) is 24.3 Å². The van der Waals surface area contributed by atoms with Crippen LogP contribution in [-0.2, 0) is 6.54 Å². The Bertz CT molecular complexity index is 497. The minimum absolute atomic E-state index is 0.135. The van der Waals surface area contributed by atoms with E-state index in [0.29, 0.717) is 5.69 Å². The number of hydrogen-bond acceptors (Lipinski definition) is 3. The maximum atomic E-state index is 9.36. The summed E-state index contributed by atoms with van der Waals surface area (Å²) in [6, 6.07) is 15.4. The molecule has 3 nitrogen and oxygen atoms in total. The minimum Gasteiger partial charge on any atom is -0.506 e. The van der Waals surface area contributed by atoms with E-state index >= 15 is 0 Å². The van der Waals surface area contributed by atoms with E-state index in [0.717, 1.165) is 17.8 Å². The standard InChI is InChI=1S/C14H16N2O/c1-16(12-5-3-2-4-6-12)10-11-7-8-14(17)13(15)9-11/h2-9,17H,10,15H2,1H3. The second-order valence-corrected chi connectivity index (χ2v) is 4.08. The second kappa shape index (κ2) is 4.78. The number of phenols is 1. The topological polar surface area (TPSA) is 49.5 Å². The molecule has 3 heteroatoms. The average Bonchev–Trinajstić information content (AvgIpc) is 2.35. The normalized spacial score (nSPS) is 10.2. The Kier molecular flexibility index (Phi) is 3.19. The molecule has 0 aliphatic carbocycles. The Hall–Kier alpha value is -2.16. The Balaban J connectivity index is 2.13. The highest BCUT2D eigenvalue weighted by Crippen LogP contribution is 2.22. The van der Waals surface area contributed by atoms with Crippen LogP contribution < -0.4 is 10.6 Å². The lowest BCUT2D eigenvalue weighted by Crippen LogP contribution is -2.16. The van der Waals surface area contributed by atoms with Crippen LogP contribution in [-0.4, -0.2) is 12.2 Å². The van der Waals surface area contributed by atoms with E-state index < -0.39 is 0 Å². The highest BCUT2D eigenvalue weighted by atomic mass is 16.3. The van der Waals surface area contributed by atoms with Crippen LogP contribution in [0.25, 0.3) is 0 Å². The van der Waals surface area contributed by atoms with Crippen LogP contribution in [0.2, 0.25) is 0 Å². The van der Waals surface area contributed by atoms with Gasteiger partial charge in [-0.05, 0) is 29.8 Å². The number of rotatable bonds is 3. The van der Waals surface area contributed by atoms with Gasteiger partial charge >= 0.3 is 0 Å². The zero-order valence-electron chi connectivity index (χ0n) is 9.80. The Labute approximate surface area is 101 Å². The predicted octanol–water partition coefficient (Wildman–Crippen LogP) is 2.61. The van der Waals surface area contributed by atoms with Crippen LogP contribution in [0, 0.1) is 0 Å². The molecule has 0 aromatic heterocycles. The SMILES string of the molecule is CN(Cc1ccc(O)c(N)c1)c1ccccc1. The first-order chi connectivity index (χ1) is 8.16. The molecule has 0 radical (unpaired) electrons. The summed E-state index contributed by atoms with van der Waals surface area (Å²) >= 11 is 0. The van der Waals surface area contributed by atoms with Gasteiger partial charge in [0.25, 0.3) is 0 Å². The van der Waals surface area contributed by atoms with E-state index in [2.05, 4.69) is 17.0 Å². The van der Waals surface area contributed by atoms with Crippen LogP contribution in [0.4, 0.5) is 11.4 Å². The van der Waals surface area contributed by atoms with Crippen molar-refractivity contribution in [3.05, 3.63) is 54.1 Å². The monoisotopic (exact) mass is 228 g/mol. The molecule has 0 aliphatic heterocycles. The average molecular weight is 228 g/mol. The number of anilines is 2. The van der Waals surface area contributed by atoms with E-state index in [9.17, 15) is 5.11 Å². The fourth-order valence-corrected chi connectivity index (χ4v) is 1.75. The molecular weight excluding hydrogens is 212 g/mol. The fraction of sp³-hybridized carbons (Fsp3) is 0.143. The van der Waals surface area contributed by atoms with Gasteiger partial charge in [0.15, 0.2) is 0 Å². The molecule has 0 spiro atoms. The van der Waals surface area contributed by atoms with Crippen molar-refractivity contribution in [1.82, 2.24) is 0 Å². The van der Waals surface area contributed by atoms with Gasteiger partial charge in [-0.2, -0.15) is 0 Å². The maximum absolute atomic E-state index is 9.36. The molecule has 2 aromatic rings. The summed E-state index contributed by atoms with van der Waals surface area (Å²) in [6.07, 6.45) is 0. The first-order valence-corrected chi connectivity index (χ1v) is 5.50. The zero-order chi connectivity index (χ0) is 12.3. The number of hydrogen-bond donors (Lipinski definition) is 2. The van der Waals surface area contributed by atoms with E-state index in [1.165, 1.54) is 0 Å². The molecule has 17 heavy (non-hydrogen) atoms. The van der Waals surface area contributed by atoms with Crippen LogP contribution in [0.3, 0.4) is 0 Å². The Morgan fingerprint density at radius 1 is 1.12 bits per heavy atom. The third-order valence-electron chi connectivity index (χ3n) is 2.71. The van der Waals surface area contributed by atoms with Crippen molar-refractivity contribution in [3.8, 4) is 5.75 Å². The molecule has 0 amide bonds. The van der Waals surface area contributed by atoms with Crippen molar-refractivity contribution in [1.29, 1.82) is 0 Å². The van der Waals surface area contributed by atoms with E-state index in [4.69, 9.17) is 5.73 Å². The smallest absolute Gasteiger partial charge is 0.138 e. The number of phenolic OH excluding ortho intramolecular Hbond substituents is 1. The van der Waals surface area contributed by atoms with Gasteiger partial charge < -0.3 is 15.7 Å². The molecule has 3 N–H and O–H groups in total. The van der Waals surface area contributed by atoms with Crippen LogP contribution >= 0.6 is 0 Å². The molecular formula is C14H16N2O. The molecule has 0 saturated heterocycles. The molecule has 0 aliphatic rings. The van der Waals surface area contributed by atoms with Gasteiger partial charge in [-0.3, -0.25) is 0 Å². The fourth-order valence-electron chi connectivity index (χ4n) is 1.75. The summed E-state index contributed by atoms with van der Waals surface area (Å²) in [5.41, 5.74) is 8.31. The predicted molar refractivity (Wildman–Crippen MR) is 71.1 cm³/mol. The number of aromatic hydroxyl groups is 1. The van der Waals surface area contributed by atoms with Gasteiger partial charge in [0.1, 0.15) is 5.75 Å². The van der Waals surface area contributed by atoms with Crippen LogP contribution in [0.15, 0.2) is 48.5 Å². The summed E-state index contributed by atoms with van der Waals surface area (Å²) in [5, 5.41) is 9.36. The molecule has 0 atom stereocenters. The molecule has 0 fully saturated rings. The largest absolute Gasteiger partial charge is 0.506 e. The van der Waals surface area contributed by atoms with E-state index in [1.54, 1.807) is 12.1 Å². The lowest BCUT2D eigenvalue weighted by molar-refractivity contribution is 0.478. The van der Waals surface area contributed by atoms with Crippen LogP contribution in [0.5, 0.6) is 5.75 Å². The summed E-state index contributed by atoms with van der Waals surface area (Å²) in [7, 11) is 2.03. The highest BCUT2D eigenvalue weighted by Gasteiger charge is 2.03. The second-order valence-electron chi connectivity index (χ2n) is 4.08. The van der Waals surface area contributed by atoms with Gasteiger partial charge in [0.05, 0.1) is 5.69 Å². The molecule has 2 aromatic carbocycles. The van der Waals surface area contributed by atoms with E-state index in [1.807, 2.05) is 31.3 Å². The molecule has 0 unspecified atom stereocenters. The van der Waals surface area contributed by atoms with E-state index in [-0.39, 0.29) is 5.75 Å². The minimum atomic E-state index is 0.135. The molecule has 0 bridgehead atoms. The Morgan fingerprint density at radius 2 is 1.82 bits per heavy atom. The van der Waals surface area contributed by atoms with Crippen molar-refractivity contribution < 1.29 is 5.11 Å². The lowest BCUT2D eigenvalue weighted by atomic mass is 10.1.